The average molecular weight is 522 g/mol. The molecular formula is C22H22Br2N2O3. The van der Waals surface area contributed by atoms with Crippen molar-refractivity contribution in [2.45, 2.75) is 33.2 Å². The molecule has 0 bridgehead atoms. The fourth-order valence-electron chi connectivity index (χ4n) is 3.77. The Kier molecular flexibility index (Phi) is 5.92. The number of allylic oxidation sites excluding steroid dienone is 1. The molecule has 0 saturated carbocycles. The molecule has 0 aromatic heterocycles. The average Bonchev–Trinajstić information content (AvgIpc) is 2.59. The predicted octanol–water partition coefficient (Wildman–Crippen LogP) is 6.02. The first-order valence-corrected chi connectivity index (χ1v) is 10.6. The van der Waals surface area contributed by atoms with Gasteiger partial charge in [-0.2, -0.15) is 0 Å². The number of hydrogen-bond donors (Lipinski definition) is 1. The number of rotatable bonds is 3. The largest absolute Gasteiger partial charge is 0.494 e. The standard InChI is InChI=1S/C22H22Br2N2O3/c1-12-11-22(3,4)26(13(2)27)19-10-20(29-5)18(9-17(12)19)25-21(28)14-6-15(23)8-16(24)7-14/h6-11H,1-5H3,(H,25,28). The number of anilines is 2. The lowest BCUT2D eigenvalue weighted by atomic mass is 9.88. The monoisotopic (exact) mass is 520 g/mol. The zero-order valence-corrected chi connectivity index (χ0v) is 20.1. The van der Waals surface area contributed by atoms with Crippen molar-refractivity contribution in [3.8, 4) is 5.75 Å². The van der Waals surface area contributed by atoms with Gasteiger partial charge in [-0.15, -0.1) is 0 Å². The van der Waals surface area contributed by atoms with Crippen LogP contribution < -0.4 is 15.0 Å². The molecule has 2 aromatic carbocycles. The second-order valence-electron chi connectivity index (χ2n) is 7.52. The minimum atomic E-state index is -0.457. The lowest BCUT2D eigenvalue weighted by Crippen LogP contribution is -2.47. The predicted molar refractivity (Wildman–Crippen MR) is 124 cm³/mol. The molecule has 29 heavy (non-hydrogen) atoms. The minimum absolute atomic E-state index is 0.0576. The fourth-order valence-corrected chi connectivity index (χ4v) is 5.07. The molecule has 5 nitrogen and oxygen atoms in total. The maximum Gasteiger partial charge on any atom is 0.255 e. The summed E-state index contributed by atoms with van der Waals surface area (Å²) in [7, 11) is 1.54. The summed E-state index contributed by atoms with van der Waals surface area (Å²) in [6.07, 6.45) is 2.06. The number of fused-ring (bicyclic) bond motifs is 1. The van der Waals surface area contributed by atoms with Gasteiger partial charge in [0.1, 0.15) is 5.75 Å². The van der Waals surface area contributed by atoms with Gasteiger partial charge in [0.2, 0.25) is 5.91 Å². The van der Waals surface area contributed by atoms with Gasteiger partial charge >= 0.3 is 0 Å². The number of benzene rings is 2. The van der Waals surface area contributed by atoms with E-state index >= 15 is 0 Å². The van der Waals surface area contributed by atoms with Gasteiger partial charge < -0.3 is 15.0 Å². The highest BCUT2D eigenvalue weighted by Crippen LogP contribution is 2.44. The van der Waals surface area contributed by atoms with E-state index in [4.69, 9.17) is 4.74 Å². The third-order valence-electron chi connectivity index (χ3n) is 4.82. The maximum absolute atomic E-state index is 12.8. The minimum Gasteiger partial charge on any atom is -0.494 e. The van der Waals surface area contributed by atoms with Crippen molar-refractivity contribution in [2.24, 2.45) is 0 Å². The van der Waals surface area contributed by atoms with Crippen molar-refractivity contribution in [2.75, 3.05) is 17.3 Å². The van der Waals surface area contributed by atoms with Crippen LogP contribution in [0.25, 0.3) is 5.57 Å². The van der Waals surface area contributed by atoms with Gasteiger partial charge in [-0.3, -0.25) is 9.59 Å². The third kappa shape index (κ3) is 4.26. The van der Waals surface area contributed by atoms with Crippen LogP contribution >= 0.6 is 31.9 Å². The number of carbonyl (C=O) groups excluding carboxylic acids is 2. The van der Waals surface area contributed by atoms with Crippen LogP contribution in [0.1, 0.15) is 43.6 Å². The fraction of sp³-hybridized carbons (Fsp3) is 0.273. The summed E-state index contributed by atoms with van der Waals surface area (Å²) in [5.41, 5.74) is 3.27. The highest BCUT2D eigenvalue weighted by Gasteiger charge is 2.35. The molecule has 1 heterocycles. The van der Waals surface area contributed by atoms with Gasteiger partial charge in [-0.25, -0.2) is 0 Å². The number of ether oxygens (including phenoxy) is 1. The van der Waals surface area contributed by atoms with Crippen LogP contribution in [-0.2, 0) is 4.79 Å². The summed E-state index contributed by atoms with van der Waals surface area (Å²) in [6.45, 7) is 7.54. The highest BCUT2D eigenvalue weighted by atomic mass is 79.9. The first-order chi connectivity index (χ1) is 13.5. The van der Waals surface area contributed by atoms with Crippen molar-refractivity contribution < 1.29 is 14.3 Å². The zero-order valence-electron chi connectivity index (χ0n) is 16.9. The molecule has 3 rings (SSSR count). The molecule has 0 aliphatic carbocycles. The Morgan fingerprint density at radius 1 is 1.07 bits per heavy atom. The Bertz CT molecular complexity index is 1020. The van der Waals surface area contributed by atoms with E-state index in [1.165, 1.54) is 0 Å². The van der Waals surface area contributed by atoms with Crippen molar-refractivity contribution >= 4 is 60.6 Å². The Labute approximate surface area is 187 Å². The van der Waals surface area contributed by atoms with Crippen molar-refractivity contribution in [1.29, 1.82) is 0 Å². The first kappa shape index (κ1) is 21.6. The summed E-state index contributed by atoms with van der Waals surface area (Å²) < 4.78 is 7.13. The number of carbonyl (C=O) groups is 2. The van der Waals surface area contributed by atoms with E-state index in [2.05, 4.69) is 43.3 Å². The molecule has 1 aliphatic rings. The van der Waals surface area contributed by atoms with Crippen LogP contribution in [0.5, 0.6) is 5.75 Å². The molecule has 0 saturated heterocycles. The number of halogens is 2. The van der Waals surface area contributed by atoms with Crippen LogP contribution in [0, 0.1) is 0 Å². The second-order valence-corrected chi connectivity index (χ2v) is 9.35. The third-order valence-corrected chi connectivity index (χ3v) is 5.73. The zero-order chi connectivity index (χ0) is 21.5. The molecule has 0 unspecified atom stereocenters. The molecule has 2 aromatic rings. The Morgan fingerprint density at radius 3 is 2.24 bits per heavy atom. The highest BCUT2D eigenvalue weighted by molar-refractivity contribution is 9.11. The lowest BCUT2D eigenvalue weighted by molar-refractivity contribution is -0.117. The smallest absolute Gasteiger partial charge is 0.255 e. The van der Waals surface area contributed by atoms with E-state index in [1.54, 1.807) is 37.1 Å². The number of hydrogen-bond acceptors (Lipinski definition) is 3. The Balaban J connectivity index is 2.07. The molecule has 2 amide bonds. The molecule has 0 radical (unpaired) electrons. The van der Waals surface area contributed by atoms with E-state index in [-0.39, 0.29) is 11.8 Å². The van der Waals surface area contributed by atoms with Crippen LogP contribution in [0.4, 0.5) is 11.4 Å². The lowest BCUT2D eigenvalue weighted by Gasteiger charge is -2.41. The van der Waals surface area contributed by atoms with Gasteiger partial charge in [0.15, 0.2) is 0 Å². The maximum atomic E-state index is 12.8. The molecule has 152 valence electrons. The van der Waals surface area contributed by atoms with Crippen LogP contribution in [0.3, 0.4) is 0 Å². The summed E-state index contributed by atoms with van der Waals surface area (Å²) in [5, 5.41) is 2.93. The summed E-state index contributed by atoms with van der Waals surface area (Å²) in [5.74, 6) is 0.173. The van der Waals surface area contributed by atoms with Crippen molar-refractivity contribution in [3.63, 3.8) is 0 Å². The quantitative estimate of drug-likeness (QED) is 0.537. The van der Waals surface area contributed by atoms with Crippen LogP contribution in [-0.4, -0.2) is 24.5 Å². The molecule has 0 fully saturated rings. The Hall–Kier alpha value is -2.12. The first-order valence-electron chi connectivity index (χ1n) is 9.03. The topological polar surface area (TPSA) is 58.6 Å². The van der Waals surface area contributed by atoms with E-state index in [1.807, 2.05) is 32.9 Å². The van der Waals surface area contributed by atoms with Gasteiger partial charge in [-0.05, 0) is 50.6 Å². The number of methoxy groups -OCH3 is 1. The van der Waals surface area contributed by atoms with Crippen molar-refractivity contribution in [1.82, 2.24) is 0 Å². The number of nitrogens with zero attached hydrogens (tertiary/aromatic N) is 1. The SMILES string of the molecule is COc1cc2c(cc1NC(=O)c1cc(Br)cc(Br)c1)C(C)=CC(C)(C)N2C(C)=O. The molecule has 1 aliphatic heterocycles. The van der Waals surface area contributed by atoms with Crippen molar-refractivity contribution in [3.05, 3.63) is 56.5 Å². The van der Waals surface area contributed by atoms with Crippen LogP contribution in [0.15, 0.2) is 45.4 Å². The molecule has 0 spiro atoms. The van der Waals surface area contributed by atoms with E-state index in [9.17, 15) is 9.59 Å². The van der Waals surface area contributed by atoms with Gasteiger partial charge in [0.05, 0.1) is 24.0 Å². The molecule has 1 N–H and O–H groups in total. The van der Waals surface area contributed by atoms with Gasteiger partial charge in [0, 0.05) is 33.1 Å². The van der Waals surface area contributed by atoms with Gasteiger partial charge in [0.25, 0.3) is 5.91 Å². The summed E-state index contributed by atoms with van der Waals surface area (Å²) >= 11 is 6.81. The normalized spacial score (nSPS) is 14.7. The van der Waals surface area contributed by atoms with Gasteiger partial charge in [-0.1, -0.05) is 37.9 Å². The Morgan fingerprint density at radius 2 is 1.69 bits per heavy atom. The molecule has 7 heteroatoms. The second kappa shape index (κ2) is 7.95. The molecule has 0 atom stereocenters. The van der Waals surface area contributed by atoms with Crippen LogP contribution in [0.2, 0.25) is 0 Å². The summed E-state index contributed by atoms with van der Waals surface area (Å²) in [4.78, 5) is 26.9. The number of nitrogens with one attached hydrogen (secondary N) is 1. The van der Waals surface area contributed by atoms with E-state index in [0.717, 1.165) is 25.8 Å². The van der Waals surface area contributed by atoms with E-state index in [0.29, 0.717) is 17.0 Å². The molecular weight excluding hydrogens is 500 g/mol. The summed E-state index contributed by atoms with van der Waals surface area (Å²) in [6, 6.07) is 9.02. The number of amides is 2. The van der Waals surface area contributed by atoms with E-state index < -0.39 is 5.54 Å².